The second-order valence-corrected chi connectivity index (χ2v) is 4.83. The lowest BCUT2D eigenvalue weighted by molar-refractivity contribution is 0.0945. The lowest BCUT2D eigenvalue weighted by Crippen LogP contribution is -2.29. The summed E-state index contributed by atoms with van der Waals surface area (Å²) >= 11 is 5.88. The minimum Gasteiger partial charge on any atom is -0.352 e. The van der Waals surface area contributed by atoms with E-state index < -0.39 is 0 Å². The molecule has 0 aliphatic carbocycles. The topological polar surface area (TPSA) is 42.0 Å². The summed E-state index contributed by atoms with van der Waals surface area (Å²) in [6.07, 6.45) is 6.23. The van der Waals surface area contributed by atoms with Crippen LogP contribution in [0.4, 0.5) is 0 Å². The largest absolute Gasteiger partial charge is 0.352 e. The Morgan fingerprint density at radius 3 is 2.89 bits per heavy atom. The van der Waals surface area contributed by atoms with Crippen LogP contribution in [-0.4, -0.2) is 17.4 Å². The van der Waals surface area contributed by atoms with E-state index in [0.29, 0.717) is 18.0 Å². The molecule has 0 saturated carbocycles. The fraction of sp³-hybridized carbons (Fsp3) is 0.571. The van der Waals surface area contributed by atoms with Crippen LogP contribution in [0.5, 0.6) is 0 Å². The van der Waals surface area contributed by atoms with Crippen molar-refractivity contribution in [2.75, 3.05) is 6.54 Å². The van der Waals surface area contributed by atoms with Crippen LogP contribution in [0, 0.1) is 5.92 Å². The minimum absolute atomic E-state index is 0.136. The molecule has 0 unspecified atom stereocenters. The molecule has 0 radical (unpaired) electrons. The van der Waals surface area contributed by atoms with Gasteiger partial charge in [-0.25, -0.2) is 4.98 Å². The lowest BCUT2D eigenvalue weighted by Gasteiger charge is -2.15. The fourth-order valence-corrected chi connectivity index (χ4v) is 2.04. The summed E-state index contributed by atoms with van der Waals surface area (Å²) in [5.74, 6) is 0.410. The van der Waals surface area contributed by atoms with E-state index in [1.165, 1.54) is 12.8 Å². The highest BCUT2D eigenvalue weighted by atomic mass is 35.5. The number of nitrogens with one attached hydrogen (secondary N) is 1. The van der Waals surface area contributed by atoms with Crippen molar-refractivity contribution in [2.24, 2.45) is 5.92 Å². The van der Waals surface area contributed by atoms with Crippen LogP contribution in [0.2, 0.25) is 5.15 Å². The summed E-state index contributed by atoms with van der Waals surface area (Å²) in [6, 6.07) is 3.41. The number of pyridine rings is 1. The van der Waals surface area contributed by atoms with Crippen molar-refractivity contribution in [3.05, 3.63) is 29.0 Å². The summed E-state index contributed by atoms with van der Waals surface area (Å²) in [6.45, 7) is 5.05. The number of hydrogen-bond donors (Lipinski definition) is 1. The van der Waals surface area contributed by atoms with Crippen molar-refractivity contribution in [1.29, 1.82) is 0 Å². The van der Waals surface area contributed by atoms with Crippen molar-refractivity contribution in [3.63, 3.8) is 0 Å². The van der Waals surface area contributed by atoms with Gasteiger partial charge in [0.2, 0.25) is 0 Å². The molecule has 3 nitrogen and oxygen atoms in total. The minimum atomic E-state index is -0.136. The van der Waals surface area contributed by atoms with Crippen LogP contribution in [0.15, 0.2) is 18.3 Å². The van der Waals surface area contributed by atoms with E-state index in [2.05, 4.69) is 24.1 Å². The highest BCUT2D eigenvalue weighted by molar-refractivity contribution is 6.32. The second kappa shape index (κ2) is 8.09. The van der Waals surface area contributed by atoms with E-state index in [1.54, 1.807) is 18.3 Å². The molecule has 1 amide bonds. The molecule has 1 rings (SSSR count). The highest BCUT2D eigenvalue weighted by Crippen LogP contribution is 2.13. The maximum atomic E-state index is 11.9. The summed E-state index contributed by atoms with van der Waals surface area (Å²) in [5, 5.41) is 3.20. The zero-order valence-electron chi connectivity index (χ0n) is 11.1. The first-order valence-electron chi connectivity index (χ1n) is 6.57. The Hall–Kier alpha value is -1.09. The number of unbranched alkanes of at least 4 members (excludes halogenated alkanes) is 1. The van der Waals surface area contributed by atoms with Crippen LogP contribution in [-0.2, 0) is 0 Å². The Kier molecular flexibility index (Phi) is 6.73. The van der Waals surface area contributed by atoms with Gasteiger partial charge in [0.25, 0.3) is 5.91 Å². The summed E-state index contributed by atoms with van der Waals surface area (Å²) in [5.41, 5.74) is 0.449. The summed E-state index contributed by atoms with van der Waals surface area (Å²) < 4.78 is 0. The predicted molar refractivity (Wildman–Crippen MR) is 74.9 cm³/mol. The SMILES string of the molecule is CCCC[C@@H](CC)CNC(=O)c1cccnc1Cl. The third kappa shape index (κ3) is 4.65. The first-order chi connectivity index (χ1) is 8.69. The summed E-state index contributed by atoms with van der Waals surface area (Å²) in [4.78, 5) is 15.8. The number of carbonyl (C=O) groups is 1. The van der Waals surface area contributed by atoms with Crippen molar-refractivity contribution in [3.8, 4) is 0 Å². The van der Waals surface area contributed by atoms with Crippen LogP contribution < -0.4 is 5.32 Å². The van der Waals surface area contributed by atoms with Crippen molar-refractivity contribution >= 4 is 17.5 Å². The van der Waals surface area contributed by atoms with Crippen LogP contribution in [0.25, 0.3) is 0 Å². The molecule has 0 aliphatic heterocycles. The summed E-state index contributed by atoms with van der Waals surface area (Å²) in [7, 11) is 0. The molecule has 0 spiro atoms. The second-order valence-electron chi connectivity index (χ2n) is 4.47. The van der Waals surface area contributed by atoms with Crippen molar-refractivity contribution < 1.29 is 4.79 Å². The van der Waals surface area contributed by atoms with Gasteiger partial charge in [-0.15, -0.1) is 0 Å². The van der Waals surface area contributed by atoms with E-state index in [4.69, 9.17) is 11.6 Å². The number of amides is 1. The van der Waals surface area contributed by atoms with Crippen molar-refractivity contribution in [1.82, 2.24) is 10.3 Å². The van der Waals surface area contributed by atoms with Gasteiger partial charge in [-0.05, 0) is 24.5 Å². The molecule has 0 bridgehead atoms. The maximum Gasteiger partial charge on any atom is 0.254 e. The molecule has 0 aliphatic rings. The van der Waals surface area contributed by atoms with Crippen LogP contribution in [0.1, 0.15) is 49.9 Å². The Labute approximate surface area is 114 Å². The van der Waals surface area contributed by atoms with Gasteiger partial charge in [-0.2, -0.15) is 0 Å². The number of carbonyl (C=O) groups excluding carboxylic acids is 1. The normalized spacial score (nSPS) is 12.2. The number of rotatable bonds is 7. The molecule has 1 heterocycles. The molecule has 4 heteroatoms. The van der Waals surface area contributed by atoms with E-state index in [-0.39, 0.29) is 11.1 Å². The number of nitrogens with zero attached hydrogens (tertiary/aromatic N) is 1. The number of hydrogen-bond acceptors (Lipinski definition) is 2. The molecule has 0 aromatic carbocycles. The zero-order valence-corrected chi connectivity index (χ0v) is 11.8. The first-order valence-corrected chi connectivity index (χ1v) is 6.95. The van der Waals surface area contributed by atoms with Gasteiger partial charge in [-0.3, -0.25) is 4.79 Å². The highest BCUT2D eigenvalue weighted by Gasteiger charge is 2.12. The average molecular weight is 269 g/mol. The monoisotopic (exact) mass is 268 g/mol. The lowest BCUT2D eigenvalue weighted by atomic mass is 9.99. The molecule has 0 fully saturated rings. The number of halogens is 1. The third-order valence-electron chi connectivity index (χ3n) is 3.10. The Balaban J connectivity index is 2.47. The van der Waals surface area contributed by atoms with Gasteiger partial charge in [-0.1, -0.05) is 44.7 Å². The maximum absolute atomic E-state index is 11.9. The van der Waals surface area contributed by atoms with E-state index in [1.807, 2.05) is 0 Å². The Bertz CT molecular complexity index is 382. The smallest absolute Gasteiger partial charge is 0.254 e. The van der Waals surface area contributed by atoms with Gasteiger partial charge < -0.3 is 5.32 Å². The molecule has 100 valence electrons. The van der Waals surface area contributed by atoms with E-state index >= 15 is 0 Å². The molecule has 1 N–H and O–H groups in total. The molecular formula is C14H21ClN2O. The molecule has 1 aromatic rings. The number of aromatic nitrogens is 1. The van der Waals surface area contributed by atoms with Crippen LogP contribution >= 0.6 is 11.6 Å². The Morgan fingerprint density at radius 2 is 2.28 bits per heavy atom. The average Bonchev–Trinajstić information content (AvgIpc) is 2.39. The molecule has 1 aromatic heterocycles. The molecule has 18 heavy (non-hydrogen) atoms. The van der Waals surface area contributed by atoms with Crippen molar-refractivity contribution in [2.45, 2.75) is 39.5 Å². The van der Waals surface area contributed by atoms with E-state index in [0.717, 1.165) is 12.8 Å². The fourth-order valence-electron chi connectivity index (χ4n) is 1.83. The quantitative estimate of drug-likeness (QED) is 0.767. The molecule has 1 atom stereocenters. The first kappa shape index (κ1) is 15.0. The van der Waals surface area contributed by atoms with Crippen LogP contribution in [0.3, 0.4) is 0 Å². The third-order valence-corrected chi connectivity index (χ3v) is 3.40. The van der Waals surface area contributed by atoms with Gasteiger partial charge in [0.15, 0.2) is 0 Å². The van der Waals surface area contributed by atoms with Gasteiger partial charge in [0.05, 0.1) is 5.56 Å². The standard InChI is InChI=1S/C14H21ClN2O/c1-3-5-7-11(4-2)10-17-14(18)12-8-6-9-16-13(12)15/h6,8-9,11H,3-5,7,10H2,1-2H3,(H,17,18)/t11-/m1/s1. The van der Waals surface area contributed by atoms with Gasteiger partial charge >= 0.3 is 0 Å². The predicted octanol–water partition coefficient (Wildman–Crippen LogP) is 3.68. The zero-order chi connectivity index (χ0) is 13.4. The van der Waals surface area contributed by atoms with E-state index in [9.17, 15) is 4.79 Å². The molecule has 0 saturated heterocycles. The molecular weight excluding hydrogens is 248 g/mol. The Morgan fingerprint density at radius 1 is 1.50 bits per heavy atom. The van der Waals surface area contributed by atoms with Gasteiger partial charge in [0, 0.05) is 12.7 Å². The van der Waals surface area contributed by atoms with Gasteiger partial charge in [0.1, 0.15) is 5.15 Å².